The zero-order chi connectivity index (χ0) is 29.2. The van der Waals surface area contributed by atoms with E-state index >= 15 is 0 Å². The number of carbonyl (C=O) groups excluding carboxylic acids is 2. The Balaban J connectivity index is 1.60. The fourth-order valence-corrected chi connectivity index (χ4v) is 5.14. The van der Waals surface area contributed by atoms with E-state index in [1.165, 1.54) is 30.5 Å². The maximum Gasteiger partial charge on any atom is 0.259 e. The summed E-state index contributed by atoms with van der Waals surface area (Å²) >= 11 is 0. The number of rotatable bonds is 7. The van der Waals surface area contributed by atoms with Crippen LogP contribution in [0.15, 0.2) is 67.0 Å². The van der Waals surface area contributed by atoms with Gasteiger partial charge in [0.1, 0.15) is 17.4 Å². The lowest BCUT2D eigenvalue weighted by Gasteiger charge is -2.32. The van der Waals surface area contributed by atoms with Gasteiger partial charge in [-0.25, -0.2) is 8.78 Å². The lowest BCUT2D eigenvalue weighted by atomic mass is 10.1. The molecule has 0 saturated heterocycles. The second-order valence-electron chi connectivity index (χ2n) is 10.7. The van der Waals surface area contributed by atoms with E-state index in [0.717, 1.165) is 32.5 Å². The Kier molecular flexibility index (Phi) is 10.8. The third-order valence-electron chi connectivity index (χ3n) is 6.96. The Morgan fingerprint density at radius 3 is 2.46 bits per heavy atom. The van der Waals surface area contributed by atoms with Crippen molar-refractivity contribution in [2.75, 3.05) is 44.2 Å². The highest BCUT2D eigenvalue weighted by atomic mass is 19.1. The van der Waals surface area contributed by atoms with Crippen molar-refractivity contribution in [3.05, 3.63) is 89.8 Å². The zero-order valence-corrected chi connectivity index (χ0v) is 23.8. The van der Waals surface area contributed by atoms with Crippen LogP contribution in [-0.2, 0) is 11.3 Å². The van der Waals surface area contributed by atoms with E-state index in [9.17, 15) is 18.4 Å². The van der Waals surface area contributed by atoms with E-state index in [-0.39, 0.29) is 31.4 Å². The summed E-state index contributed by atoms with van der Waals surface area (Å²) in [6.45, 7) is 7.99. The lowest BCUT2D eigenvalue weighted by molar-refractivity contribution is -0.132. The first-order chi connectivity index (χ1) is 19.8. The van der Waals surface area contributed by atoms with Crippen LogP contribution >= 0.6 is 0 Å². The average Bonchev–Trinajstić information content (AvgIpc) is 2.94. The van der Waals surface area contributed by atoms with Crippen molar-refractivity contribution in [3.63, 3.8) is 0 Å². The van der Waals surface area contributed by atoms with Crippen LogP contribution in [0.25, 0.3) is 0 Å². The van der Waals surface area contributed by atoms with Gasteiger partial charge in [0.25, 0.3) is 5.91 Å². The minimum absolute atomic E-state index is 0.0786. The molecule has 0 radical (unpaired) electrons. The van der Waals surface area contributed by atoms with E-state index in [1.54, 1.807) is 46.3 Å². The number of hydrogen-bond donors (Lipinski definition) is 0. The lowest BCUT2D eigenvalue weighted by Crippen LogP contribution is -2.40. The Bertz CT molecular complexity index is 1310. The van der Waals surface area contributed by atoms with Gasteiger partial charge in [-0.15, -0.1) is 0 Å². The van der Waals surface area contributed by atoms with Crippen LogP contribution in [0.3, 0.4) is 0 Å². The normalized spacial score (nSPS) is 15.1. The average molecular weight is 565 g/mol. The number of benzene rings is 2. The van der Waals surface area contributed by atoms with Crippen LogP contribution < -0.4 is 9.64 Å². The number of ether oxygens (including phenoxy) is 1. The quantitative estimate of drug-likeness (QED) is 0.376. The molecule has 0 aliphatic carbocycles. The molecule has 1 aliphatic heterocycles. The molecule has 2 aromatic carbocycles. The second kappa shape index (κ2) is 14.7. The molecular weight excluding hydrogens is 526 g/mol. The van der Waals surface area contributed by atoms with Crippen LogP contribution in [-0.4, -0.2) is 65.9 Å². The summed E-state index contributed by atoms with van der Waals surface area (Å²) in [4.78, 5) is 37.0. The molecule has 0 unspecified atom stereocenters. The minimum atomic E-state index is -0.436. The van der Waals surface area contributed by atoms with Gasteiger partial charge in [-0.3, -0.25) is 14.6 Å². The zero-order valence-electron chi connectivity index (χ0n) is 23.8. The van der Waals surface area contributed by atoms with Crippen molar-refractivity contribution in [2.24, 2.45) is 5.92 Å². The second-order valence-corrected chi connectivity index (χ2v) is 10.7. The molecule has 7 nitrogen and oxygen atoms in total. The Morgan fingerprint density at radius 2 is 1.73 bits per heavy atom. The molecule has 218 valence electrons. The Morgan fingerprint density at radius 1 is 0.951 bits per heavy atom. The number of nitrogens with zero attached hydrogens (tertiary/aromatic N) is 4. The van der Waals surface area contributed by atoms with E-state index in [4.69, 9.17) is 4.74 Å². The minimum Gasteiger partial charge on any atom is -0.493 e. The van der Waals surface area contributed by atoms with Crippen LogP contribution in [0.4, 0.5) is 14.5 Å². The number of carbonyl (C=O) groups is 2. The number of halogens is 2. The number of hydrogen-bond acceptors (Lipinski definition) is 5. The molecule has 41 heavy (non-hydrogen) atoms. The highest BCUT2D eigenvalue weighted by molar-refractivity contribution is 6.06. The SMILES string of the molecule is CC(C)CN1CCCN(C(=O)CCOc2cccc(F)c2)Cc2cc(F)ccc2N(C(=O)c2cccnc2)CCC1. The van der Waals surface area contributed by atoms with Gasteiger partial charge in [-0.05, 0) is 79.9 Å². The number of amides is 2. The number of aromatic nitrogens is 1. The standard InChI is InChI=1S/C32H38F2N4O3/c1-24(2)22-36-14-5-16-37(31(39)12-18-41-29-9-3-8-27(33)20-29)23-26-19-28(34)10-11-30(26)38(17-6-15-36)32(40)25-7-4-13-35-21-25/h3-4,7-11,13,19-21,24H,5-6,12,14-18,22-23H2,1-2H3. The summed E-state index contributed by atoms with van der Waals surface area (Å²) in [7, 11) is 0. The molecule has 0 atom stereocenters. The van der Waals surface area contributed by atoms with Crippen LogP contribution in [0, 0.1) is 17.6 Å². The van der Waals surface area contributed by atoms with E-state index < -0.39 is 11.6 Å². The van der Waals surface area contributed by atoms with Gasteiger partial charge in [-0.2, -0.15) is 0 Å². The molecule has 4 rings (SSSR count). The van der Waals surface area contributed by atoms with Gasteiger partial charge >= 0.3 is 0 Å². The van der Waals surface area contributed by atoms with Gasteiger partial charge in [0.15, 0.2) is 0 Å². The summed E-state index contributed by atoms with van der Waals surface area (Å²) in [5.74, 6) is -0.402. The fourth-order valence-electron chi connectivity index (χ4n) is 5.14. The topological polar surface area (TPSA) is 66.0 Å². The summed E-state index contributed by atoms with van der Waals surface area (Å²) in [5, 5.41) is 0. The monoisotopic (exact) mass is 564 g/mol. The maximum absolute atomic E-state index is 14.6. The van der Waals surface area contributed by atoms with Crippen LogP contribution in [0.1, 0.15) is 49.0 Å². The van der Waals surface area contributed by atoms with Crippen molar-refractivity contribution in [3.8, 4) is 5.75 Å². The molecule has 3 aromatic rings. The van der Waals surface area contributed by atoms with Gasteiger partial charge in [0.05, 0.1) is 18.6 Å². The summed E-state index contributed by atoms with van der Waals surface area (Å²) in [5.41, 5.74) is 1.57. The first kappa shape index (κ1) is 30.1. The van der Waals surface area contributed by atoms with E-state index in [1.807, 2.05) is 0 Å². The number of fused-ring (bicyclic) bond motifs is 1. The summed E-state index contributed by atoms with van der Waals surface area (Å²) in [6, 6.07) is 13.6. The van der Waals surface area contributed by atoms with Gasteiger partial charge in [-0.1, -0.05) is 19.9 Å². The van der Waals surface area contributed by atoms with Crippen molar-refractivity contribution >= 4 is 17.5 Å². The highest BCUT2D eigenvalue weighted by Gasteiger charge is 2.25. The van der Waals surface area contributed by atoms with E-state index in [0.29, 0.717) is 41.6 Å². The van der Waals surface area contributed by atoms with Gasteiger partial charge < -0.3 is 19.4 Å². The predicted molar refractivity (Wildman–Crippen MR) is 155 cm³/mol. The molecule has 0 spiro atoms. The van der Waals surface area contributed by atoms with Gasteiger partial charge in [0, 0.05) is 50.3 Å². The molecule has 0 N–H and O–H groups in total. The van der Waals surface area contributed by atoms with E-state index in [2.05, 4.69) is 23.7 Å². The van der Waals surface area contributed by atoms with Crippen molar-refractivity contribution in [2.45, 2.75) is 39.7 Å². The molecule has 1 aromatic heterocycles. The molecule has 0 fully saturated rings. The molecular formula is C32H38F2N4O3. The summed E-state index contributed by atoms with van der Waals surface area (Å²) < 4.78 is 33.7. The first-order valence-corrected chi connectivity index (χ1v) is 14.2. The summed E-state index contributed by atoms with van der Waals surface area (Å²) in [6.07, 6.45) is 4.72. The van der Waals surface area contributed by atoms with Crippen LogP contribution in [0.5, 0.6) is 5.75 Å². The van der Waals surface area contributed by atoms with Crippen molar-refractivity contribution < 1.29 is 23.1 Å². The maximum atomic E-state index is 14.6. The molecule has 0 bridgehead atoms. The number of pyridine rings is 1. The van der Waals surface area contributed by atoms with Crippen molar-refractivity contribution in [1.29, 1.82) is 0 Å². The molecule has 9 heteroatoms. The molecule has 2 amide bonds. The highest BCUT2D eigenvalue weighted by Crippen LogP contribution is 2.27. The fraction of sp³-hybridized carbons (Fsp3) is 0.406. The third-order valence-corrected chi connectivity index (χ3v) is 6.96. The van der Waals surface area contributed by atoms with Crippen LogP contribution in [0.2, 0.25) is 0 Å². The first-order valence-electron chi connectivity index (χ1n) is 14.2. The Hall–Kier alpha value is -3.85. The number of anilines is 1. The third kappa shape index (κ3) is 8.82. The molecule has 2 heterocycles. The van der Waals surface area contributed by atoms with Crippen molar-refractivity contribution in [1.82, 2.24) is 14.8 Å². The van der Waals surface area contributed by atoms with Gasteiger partial charge in [0.2, 0.25) is 5.91 Å². The largest absolute Gasteiger partial charge is 0.493 e. The predicted octanol–water partition coefficient (Wildman–Crippen LogP) is 5.56. The smallest absolute Gasteiger partial charge is 0.259 e. The molecule has 1 aliphatic rings. The molecule has 0 saturated carbocycles. The Labute approximate surface area is 240 Å².